The Labute approximate surface area is 123 Å². The van der Waals surface area contributed by atoms with Gasteiger partial charge in [-0.2, -0.15) is 0 Å². The van der Waals surface area contributed by atoms with Gasteiger partial charge < -0.3 is 5.98 Å². The van der Waals surface area contributed by atoms with E-state index in [-0.39, 0.29) is 31.0 Å². The van der Waals surface area contributed by atoms with Crippen molar-refractivity contribution in [2.45, 2.75) is 42.9 Å². The van der Waals surface area contributed by atoms with Gasteiger partial charge in [-0.1, -0.05) is 31.4 Å². The van der Waals surface area contributed by atoms with Crippen LogP contribution < -0.4 is 29.6 Å². The molecule has 1 N–H and O–H groups in total. The normalized spacial score (nSPS) is 18.8. The van der Waals surface area contributed by atoms with E-state index in [2.05, 4.69) is 0 Å². The molecule has 0 saturated heterocycles. The standard InChI is InChI=1S/C12H16O2S.Na.H/c13-15(14)12-8-6-11(7-9-12)10-4-2-1-3-5-10;;/h6-10H,1-5H2,(H,13,14);;/q;+1;-1. The topological polar surface area (TPSA) is 37.3 Å². The second-order valence-electron chi connectivity index (χ2n) is 4.15. The van der Waals surface area contributed by atoms with Gasteiger partial charge in [-0.15, -0.1) is 0 Å². The van der Waals surface area contributed by atoms with Crippen molar-refractivity contribution in [3.8, 4) is 0 Å². The molecule has 0 aromatic heterocycles. The predicted octanol–water partition coefficient (Wildman–Crippen LogP) is 0.431. The summed E-state index contributed by atoms with van der Waals surface area (Å²) in [5, 5.41) is 0. The molecule has 2 nitrogen and oxygen atoms in total. The van der Waals surface area contributed by atoms with E-state index in [1.54, 1.807) is 12.1 Å². The molecule has 0 heterocycles. The van der Waals surface area contributed by atoms with Gasteiger partial charge in [0.1, 0.15) is 0 Å². The van der Waals surface area contributed by atoms with Gasteiger partial charge in [0.2, 0.25) is 0 Å². The van der Waals surface area contributed by atoms with Gasteiger partial charge in [-0.3, -0.25) is 0 Å². The Hall–Kier alpha value is 0.330. The first-order valence-corrected chi connectivity index (χ1v) is 6.59. The Morgan fingerprint density at radius 1 is 1.12 bits per heavy atom. The molecule has 0 spiro atoms. The van der Waals surface area contributed by atoms with Crippen LogP contribution in [-0.4, -0.2) is 8.76 Å². The second-order valence-corrected chi connectivity index (χ2v) is 5.12. The fourth-order valence-electron chi connectivity index (χ4n) is 2.29. The smallest absolute Gasteiger partial charge is 1.00 e. The molecule has 1 aromatic rings. The quantitative estimate of drug-likeness (QED) is 0.609. The van der Waals surface area contributed by atoms with E-state index in [0.29, 0.717) is 10.8 Å². The summed E-state index contributed by atoms with van der Waals surface area (Å²) in [6.07, 6.45) is 6.52. The fourth-order valence-corrected chi connectivity index (χ4v) is 2.66. The van der Waals surface area contributed by atoms with E-state index < -0.39 is 11.1 Å². The zero-order valence-electron chi connectivity index (χ0n) is 10.7. The van der Waals surface area contributed by atoms with Crippen LogP contribution in [0.3, 0.4) is 0 Å². The van der Waals surface area contributed by atoms with Crippen molar-refractivity contribution in [3.05, 3.63) is 29.8 Å². The summed E-state index contributed by atoms with van der Waals surface area (Å²) in [7, 11) is 0. The van der Waals surface area contributed by atoms with Gasteiger partial charge in [0.15, 0.2) is 11.1 Å². The van der Waals surface area contributed by atoms with Crippen LogP contribution in [0.5, 0.6) is 0 Å². The summed E-state index contributed by atoms with van der Waals surface area (Å²) in [6, 6.07) is 7.53. The van der Waals surface area contributed by atoms with Crippen molar-refractivity contribution in [2.75, 3.05) is 0 Å². The number of rotatable bonds is 2. The van der Waals surface area contributed by atoms with Crippen LogP contribution in [0.25, 0.3) is 0 Å². The Bertz CT molecular complexity index is 350. The summed E-state index contributed by atoms with van der Waals surface area (Å²) < 4.78 is 19.7. The van der Waals surface area contributed by atoms with Crippen LogP contribution in [0.2, 0.25) is 0 Å². The third-order valence-electron chi connectivity index (χ3n) is 3.16. The second kappa shape index (κ2) is 6.92. The zero-order chi connectivity index (χ0) is 10.7. The monoisotopic (exact) mass is 248 g/mol. The van der Waals surface area contributed by atoms with Crippen LogP contribution in [0.15, 0.2) is 29.2 Å². The van der Waals surface area contributed by atoms with Crippen LogP contribution in [0, 0.1) is 0 Å². The van der Waals surface area contributed by atoms with Gasteiger partial charge in [0, 0.05) is 0 Å². The first-order valence-electron chi connectivity index (χ1n) is 5.48. The molecule has 1 fully saturated rings. The van der Waals surface area contributed by atoms with E-state index in [1.165, 1.54) is 37.7 Å². The summed E-state index contributed by atoms with van der Waals surface area (Å²) in [6.45, 7) is 0. The minimum atomic E-state index is -1.84. The zero-order valence-corrected chi connectivity index (χ0v) is 12.5. The van der Waals surface area contributed by atoms with Gasteiger partial charge >= 0.3 is 29.6 Å². The summed E-state index contributed by atoms with van der Waals surface area (Å²) in [5.41, 5.74) is 1.32. The molecule has 0 bridgehead atoms. The van der Waals surface area contributed by atoms with Gasteiger partial charge in [-0.25, -0.2) is 4.21 Å². The maximum atomic E-state index is 10.8. The summed E-state index contributed by atoms with van der Waals surface area (Å²) >= 11 is -1.84. The number of hydrogen-bond donors (Lipinski definition) is 1. The maximum absolute atomic E-state index is 10.8. The SMILES string of the molecule is O=S(O)c1ccc(C2CCCCC2)cc1.[H-].[Na+]. The van der Waals surface area contributed by atoms with E-state index in [0.717, 1.165) is 0 Å². The maximum Gasteiger partial charge on any atom is 1.00 e. The third kappa shape index (κ3) is 3.67. The molecular formula is C12H17NaO2S. The minimum Gasteiger partial charge on any atom is -1.00 e. The average molecular weight is 248 g/mol. The molecule has 16 heavy (non-hydrogen) atoms. The predicted molar refractivity (Wildman–Crippen MR) is 62.4 cm³/mol. The first kappa shape index (κ1) is 14.4. The third-order valence-corrected chi connectivity index (χ3v) is 3.83. The molecule has 1 aliphatic rings. The Morgan fingerprint density at radius 2 is 1.69 bits per heavy atom. The van der Waals surface area contributed by atoms with Gasteiger partial charge in [-0.05, 0) is 36.5 Å². The van der Waals surface area contributed by atoms with Crippen molar-refractivity contribution in [1.82, 2.24) is 0 Å². The molecular weight excluding hydrogens is 231 g/mol. The van der Waals surface area contributed by atoms with E-state index >= 15 is 0 Å². The van der Waals surface area contributed by atoms with E-state index in [9.17, 15) is 4.21 Å². The number of hydrogen-bond acceptors (Lipinski definition) is 1. The molecule has 1 aromatic carbocycles. The molecule has 2 rings (SSSR count). The van der Waals surface area contributed by atoms with Crippen molar-refractivity contribution in [2.24, 2.45) is 0 Å². The minimum absolute atomic E-state index is 0. The first-order chi connectivity index (χ1) is 7.27. The largest absolute Gasteiger partial charge is 1.00 e. The van der Waals surface area contributed by atoms with Gasteiger partial charge in [0.25, 0.3) is 0 Å². The van der Waals surface area contributed by atoms with Gasteiger partial charge in [0.05, 0.1) is 4.90 Å². The molecule has 4 heteroatoms. The van der Waals surface area contributed by atoms with E-state index in [4.69, 9.17) is 4.55 Å². The molecule has 1 aliphatic carbocycles. The molecule has 1 unspecified atom stereocenters. The molecule has 1 atom stereocenters. The summed E-state index contributed by atoms with van der Waals surface area (Å²) in [4.78, 5) is 0.495. The van der Waals surface area contributed by atoms with Crippen LogP contribution in [0.4, 0.5) is 0 Å². The van der Waals surface area contributed by atoms with Crippen molar-refractivity contribution < 1.29 is 39.7 Å². The van der Waals surface area contributed by atoms with Crippen LogP contribution >= 0.6 is 0 Å². The van der Waals surface area contributed by atoms with Crippen molar-refractivity contribution >= 4 is 11.1 Å². The average Bonchev–Trinajstić information content (AvgIpc) is 2.30. The van der Waals surface area contributed by atoms with Crippen LogP contribution in [0.1, 0.15) is 45.0 Å². The molecule has 0 aliphatic heterocycles. The Balaban J connectivity index is 0.00000128. The van der Waals surface area contributed by atoms with Crippen molar-refractivity contribution in [1.29, 1.82) is 0 Å². The molecule has 1 saturated carbocycles. The van der Waals surface area contributed by atoms with E-state index in [1.807, 2.05) is 12.1 Å². The number of benzene rings is 1. The van der Waals surface area contributed by atoms with Crippen LogP contribution in [-0.2, 0) is 11.1 Å². The Kier molecular flexibility index (Phi) is 6.22. The summed E-state index contributed by atoms with van der Waals surface area (Å²) in [5.74, 6) is 0.667. The van der Waals surface area contributed by atoms with Crippen molar-refractivity contribution in [3.63, 3.8) is 0 Å². The Morgan fingerprint density at radius 3 is 2.19 bits per heavy atom. The molecule has 84 valence electrons. The molecule has 0 radical (unpaired) electrons. The fraction of sp³-hybridized carbons (Fsp3) is 0.500. The molecule has 0 amide bonds.